The van der Waals surface area contributed by atoms with Crippen molar-refractivity contribution in [3.63, 3.8) is 0 Å². The molecular weight excluding hydrogens is 150 g/mol. The highest BCUT2D eigenvalue weighted by Crippen LogP contribution is 2.19. The molecular formula is C10H15NO. The second-order valence-electron chi connectivity index (χ2n) is 3.16. The van der Waals surface area contributed by atoms with E-state index < -0.39 is 0 Å². The average Bonchev–Trinajstić information content (AvgIpc) is 2.05. The standard InChI is InChI=1S/C10H15NO/c1-8(2)10-6-4-3-5-9(10)7-12-11/h3-6,8H,7,11H2,1-2H3. The summed E-state index contributed by atoms with van der Waals surface area (Å²) in [5.41, 5.74) is 2.48. The maximum Gasteiger partial charge on any atom is 0.0932 e. The van der Waals surface area contributed by atoms with Crippen molar-refractivity contribution >= 4 is 0 Å². The summed E-state index contributed by atoms with van der Waals surface area (Å²) in [6.45, 7) is 4.82. The molecule has 12 heavy (non-hydrogen) atoms. The predicted molar refractivity (Wildman–Crippen MR) is 49.5 cm³/mol. The van der Waals surface area contributed by atoms with E-state index in [2.05, 4.69) is 24.8 Å². The van der Waals surface area contributed by atoms with E-state index in [1.54, 1.807) is 0 Å². The Balaban J connectivity index is 2.92. The van der Waals surface area contributed by atoms with Crippen molar-refractivity contribution in [1.82, 2.24) is 0 Å². The van der Waals surface area contributed by atoms with E-state index in [0.29, 0.717) is 12.5 Å². The Labute approximate surface area is 73.3 Å². The molecule has 0 spiro atoms. The van der Waals surface area contributed by atoms with Crippen LogP contribution in [-0.4, -0.2) is 0 Å². The zero-order valence-corrected chi connectivity index (χ0v) is 7.58. The molecule has 1 rings (SSSR count). The van der Waals surface area contributed by atoms with Gasteiger partial charge in [0.2, 0.25) is 0 Å². The van der Waals surface area contributed by atoms with Crippen LogP contribution in [0.5, 0.6) is 0 Å². The minimum absolute atomic E-state index is 0.494. The maximum absolute atomic E-state index is 5.03. The molecule has 0 saturated carbocycles. The number of nitrogens with two attached hydrogens (primary N) is 1. The Morgan fingerprint density at radius 3 is 2.58 bits per heavy atom. The van der Waals surface area contributed by atoms with Gasteiger partial charge in [0.15, 0.2) is 0 Å². The van der Waals surface area contributed by atoms with Gasteiger partial charge < -0.3 is 0 Å². The van der Waals surface area contributed by atoms with Gasteiger partial charge in [-0.25, -0.2) is 5.90 Å². The third-order valence-electron chi connectivity index (χ3n) is 1.92. The molecule has 2 nitrogen and oxygen atoms in total. The van der Waals surface area contributed by atoms with Crippen molar-refractivity contribution < 1.29 is 4.84 Å². The van der Waals surface area contributed by atoms with Gasteiger partial charge in [0, 0.05) is 0 Å². The lowest BCUT2D eigenvalue weighted by Gasteiger charge is -2.10. The van der Waals surface area contributed by atoms with Crippen LogP contribution < -0.4 is 5.90 Å². The summed E-state index contributed by atoms with van der Waals surface area (Å²) >= 11 is 0. The highest BCUT2D eigenvalue weighted by molar-refractivity contribution is 5.28. The zero-order chi connectivity index (χ0) is 8.97. The van der Waals surface area contributed by atoms with E-state index >= 15 is 0 Å². The molecule has 2 heteroatoms. The third kappa shape index (κ3) is 2.06. The summed E-state index contributed by atoms with van der Waals surface area (Å²) in [7, 11) is 0. The first-order chi connectivity index (χ1) is 5.75. The molecule has 0 unspecified atom stereocenters. The molecule has 0 aliphatic carbocycles. The Kier molecular flexibility index (Phi) is 3.26. The highest BCUT2D eigenvalue weighted by Gasteiger charge is 2.04. The molecule has 1 aromatic carbocycles. The van der Waals surface area contributed by atoms with Crippen molar-refractivity contribution in [3.05, 3.63) is 35.4 Å². The van der Waals surface area contributed by atoms with E-state index in [4.69, 9.17) is 5.90 Å². The number of hydrogen-bond acceptors (Lipinski definition) is 2. The minimum atomic E-state index is 0.494. The van der Waals surface area contributed by atoms with Crippen LogP contribution in [0.15, 0.2) is 24.3 Å². The van der Waals surface area contributed by atoms with Crippen molar-refractivity contribution in [1.29, 1.82) is 0 Å². The largest absolute Gasteiger partial charge is 0.300 e. The highest BCUT2D eigenvalue weighted by atomic mass is 16.6. The zero-order valence-electron chi connectivity index (χ0n) is 7.58. The molecule has 0 bridgehead atoms. The van der Waals surface area contributed by atoms with Crippen LogP contribution in [-0.2, 0) is 11.4 Å². The Bertz CT molecular complexity index is 245. The van der Waals surface area contributed by atoms with Crippen LogP contribution in [0.2, 0.25) is 0 Å². The van der Waals surface area contributed by atoms with Gasteiger partial charge in [-0.2, -0.15) is 0 Å². The SMILES string of the molecule is CC(C)c1ccccc1CON. The second-order valence-corrected chi connectivity index (χ2v) is 3.16. The van der Waals surface area contributed by atoms with Crippen molar-refractivity contribution in [3.8, 4) is 0 Å². The lowest BCUT2D eigenvalue weighted by Crippen LogP contribution is -2.02. The van der Waals surface area contributed by atoms with Gasteiger partial charge in [-0.05, 0) is 17.0 Å². The summed E-state index contributed by atoms with van der Waals surface area (Å²) in [4.78, 5) is 4.62. The smallest absolute Gasteiger partial charge is 0.0932 e. The second kappa shape index (κ2) is 4.24. The van der Waals surface area contributed by atoms with E-state index in [-0.39, 0.29) is 0 Å². The van der Waals surface area contributed by atoms with Gasteiger partial charge >= 0.3 is 0 Å². The van der Waals surface area contributed by atoms with Gasteiger partial charge in [-0.3, -0.25) is 4.84 Å². The molecule has 0 amide bonds. The molecule has 0 saturated heterocycles. The number of hydrogen-bond donors (Lipinski definition) is 1. The van der Waals surface area contributed by atoms with E-state index in [1.165, 1.54) is 11.1 Å². The Morgan fingerprint density at radius 1 is 1.33 bits per heavy atom. The first-order valence-electron chi connectivity index (χ1n) is 4.15. The van der Waals surface area contributed by atoms with Crippen LogP contribution in [0, 0.1) is 0 Å². The lowest BCUT2D eigenvalue weighted by molar-refractivity contribution is 0.123. The topological polar surface area (TPSA) is 35.2 Å². The molecule has 0 heterocycles. The average molecular weight is 165 g/mol. The van der Waals surface area contributed by atoms with E-state index in [9.17, 15) is 0 Å². The van der Waals surface area contributed by atoms with Crippen LogP contribution in [0.25, 0.3) is 0 Å². The Morgan fingerprint density at radius 2 is 2.00 bits per heavy atom. The summed E-state index contributed by atoms with van der Waals surface area (Å²) < 4.78 is 0. The van der Waals surface area contributed by atoms with Crippen LogP contribution in [0.3, 0.4) is 0 Å². The molecule has 0 atom stereocenters. The quantitative estimate of drug-likeness (QED) is 0.697. The van der Waals surface area contributed by atoms with Gasteiger partial charge in [0.1, 0.15) is 0 Å². The fourth-order valence-corrected chi connectivity index (χ4v) is 1.32. The molecule has 0 fully saturated rings. The molecule has 66 valence electrons. The number of benzene rings is 1. The van der Waals surface area contributed by atoms with E-state index in [1.807, 2.05) is 18.2 Å². The molecule has 1 aromatic rings. The molecule has 0 aromatic heterocycles. The van der Waals surface area contributed by atoms with Gasteiger partial charge in [0.05, 0.1) is 6.61 Å². The van der Waals surface area contributed by atoms with Gasteiger partial charge in [-0.1, -0.05) is 38.1 Å². The summed E-state index contributed by atoms with van der Waals surface area (Å²) in [5.74, 6) is 5.55. The molecule has 0 aliphatic heterocycles. The first-order valence-corrected chi connectivity index (χ1v) is 4.15. The summed E-state index contributed by atoms with van der Waals surface area (Å²) in [6.07, 6.45) is 0. The van der Waals surface area contributed by atoms with E-state index in [0.717, 1.165) is 0 Å². The monoisotopic (exact) mass is 165 g/mol. The van der Waals surface area contributed by atoms with Crippen molar-refractivity contribution in [2.75, 3.05) is 0 Å². The molecule has 0 radical (unpaired) electrons. The lowest BCUT2D eigenvalue weighted by atomic mass is 9.98. The molecule has 2 N–H and O–H groups in total. The van der Waals surface area contributed by atoms with Crippen LogP contribution >= 0.6 is 0 Å². The number of rotatable bonds is 3. The Hall–Kier alpha value is -0.860. The van der Waals surface area contributed by atoms with Gasteiger partial charge in [-0.15, -0.1) is 0 Å². The van der Waals surface area contributed by atoms with Crippen molar-refractivity contribution in [2.45, 2.75) is 26.4 Å². The van der Waals surface area contributed by atoms with Crippen LogP contribution in [0.1, 0.15) is 30.9 Å². The summed E-state index contributed by atoms with van der Waals surface area (Å²) in [5, 5.41) is 0. The fourth-order valence-electron chi connectivity index (χ4n) is 1.32. The fraction of sp³-hybridized carbons (Fsp3) is 0.400. The van der Waals surface area contributed by atoms with Gasteiger partial charge in [0.25, 0.3) is 0 Å². The summed E-state index contributed by atoms with van der Waals surface area (Å²) in [6, 6.07) is 8.19. The van der Waals surface area contributed by atoms with Crippen molar-refractivity contribution in [2.24, 2.45) is 5.90 Å². The van der Waals surface area contributed by atoms with Crippen LogP contribution in [0.4, 0.5) is 0 Å². The third-order valence-corrected chi connectivity index (χ3v) is 1.92. The minimum Gasteiger partial charge on any atom is -0.300 e. The maximum atomic E-state index is 5.03. The normalized spacial score (nSPS) is 10.7. The molecule has 0 aliphatic rings. The predicted octanol–water partition coefficient (Wildman–Crippen LogP) is 2.20. The first kappa shape index (κ1) is 9.23.